The minimum absolute atomic E-state index is 0.0832. The van der Waals surface area contributed by atoms with Crippen LogP contribution in [0, 0.1) is 17.8 Å². The maximum atomic E-state index is 13.4. The summed E-state index contributed by atoms with van der Waals surface area (Å²) >= 11 is 0. The molecule has 0 aliphatic heterocycles. The summed E-state index contributed by atoms with van der Waals surface area (Å²) in [6, 6.07) is -2.05. The fourth-order valence-corrected chi connectivity index (χ4v) is 4.19. The fraction of sp³-hybridized carbons (Fsp3) is 0.897. The number of unbranched alkanes of at least 4 members (excludes halogenated alkanes) is 5. The van der Waals surface area contributed by atoms with Crippen molar-refractivity contribution >= 4 is 17.9 Å². The van der Waals surface area contributed by atoms with E-state index in [-0.39, 0.29) is 23.7 Å². The highest BCUT2D eigenvalue weighted by Crippen LogP contribution is 2.18. The van der Waals surface area contributed by atoms with Crippen LogP contribution in [0.25, 0.3) is 0 Å². The van der Waals surface area contributed by atoms with Crippen molar-refractivity contribution in [3.8, 4) is 0 Å². The third-order valence-electron chi connectivity index (χ3n) is 6.70. The van der Waals surface area contributed by atoms with Gasteiger partial charge in [-0.25, -0.2) is 4.79 Å². The molecule has 0 bridgehead atoms. The van der Waals surface area contributed by atoms with Crippen molar-refractivity contribution in [2.75, 3.05) is 0 Å². The molecule has 4 N–H and O–H groups in total. The van der Waals surface area contributed by atoms with Crippen LogP contribution in [0.1, 0.15) is 121 Å². The number of aliphatic hydroxyl groups is 1. The number of aliphatic hydroxyl groups excluding tert-OH is 1. The predicted octanol–water partition coefficient (Wildman–Crippen LogP) is 5.32. The van der Waals surface area contributed by atoms with E-state index in [1.54, 1.807) is 20.8 Å². The lowest BCUT2D eigenvalue weighted by Crippen LogP contribution is -2.59. The molecule has 0 fully saturated rings. The minimum atomic E-state index is -0.854. The number of hydrogen-bond acceptors (Lipinski definition) is 5. The molecule has 0 aliphatic carbocycles. The molecule has 5 atom stereocenters. The van der Waals surface area contributed by atoms with Gasteiger partial charge >= 0.3 is 6.09 Å². The summed E-state index contributed by atoms with van der Waals surface area (Å²) in [6.45, 7) is 18.9. The number of alkyl carbamates (subject to hydrolysis) is 1. The van der Waals surface area contributed by atoms with Crippen molar-refractivity contribution < 1.29 is 24.2 Å². The lowest BCUT2D eigenvalue weighted by atomic mass is 9.90. The zero-order valence-electron chi connectivity index (χ0n) is 25.3. The van der Waals surface area contributed by atoms with Gasteiger partial charge < -0.3 is 25.8 Å². The van der Waals surface area contributed by atoms with Crippen molar-refractivity contribution in [2.24, 2.45) is 17.8 Å². The molecule has 0 spiro atoms. The second kappa shape index (κ2) is 17.6. The molecule has 0 saturated carbocycles. The number of carbonyl (C=O) groups excluding carboxylic acids is 3. The molecular formula is C29H57N3O5. The lowest BCUT2D eigenvalue weighted by molar-refractivity contribution is -0.132. The van der Waals surface area contributed by atoms with Crippen LogP contribution in [-0.2, 0) is 14.3 Å². The van der Waals surface area contributed by atoms with Gasteiger partial charge in [-0.1, -0.05) is 93.4 Å². The van der Waals surface area contributed by atoms with Crippen LogP contribution in [0.4, 0.5) is 4.79 Å². The van der Waals surface area contributed by atoms with Gasteiger partial charge in [-0.15, -0.1) is 0 Å². The van der Waals surface area contributed by atoms with Gasteiger partial charge in [0.1, 0.15) is 17.7 Å². The number of carbonyl (C=O) groups is 3. The van der Waals surface area contributed by atoms with Crippen molar-refractivity contribution in [1.82, 2.24) is 16.0 Å². The predicted molar refractivity (Wildman–Crippen MR) is 150 cm³/mol. The first kappa shape index (κ1) is 35.2. The Kier molecular flexibility index (Phi) is 16.8. The Morgan fingerprint density at radius 1 is 0.757 bits per heavy atom. The van der Waals surface area contributed by atoms with E-state index >= 15 is 0 Å². The Balaban J connectivity index is 5.33. The van der Waals surface area contributed by atoms with E-state index in [1.165, 1.54) is 19.3 Å². The molecule has 1 unspecified atom stereocenters. The zero-order chi connectivity index (χ0) is 28.8. The summed E-state index contributed by atoms with van der Waals surface area (Å²) in [5.74, 6) is -1.08. The summed E-state index contributed by atoms with van der Waals surface area (Å²) < 4.78 is 5.31. The van der Waals surface area contributed by atoms with Crippen LogP contribution >= 0.6 is 0 Å². The standard InChI is InChI=1S/C29H57N3O5/c1-11-13-14-15-16-17-18-22(33)25(21(7)12-2)31-26(34)23(19(3)4)30-27(35)24(20(5)6)32-28(36)37-29(8,9)10/h19-25,33H,11-18H2,1-10H3,(H,30,35)(H,31,34)(H,32,36)/t21?,22-,23-,24-,25-/m0/s1. The van der Waals surface area contributed by atoms with Gasteiger partial charge in [-0.05, 0) is 44.9 Å². The van der Waals surface area contributed by atoms with Crippen LogP contribution in [0.15, 0.2) is 0 Å². The van der Waals surface area contributed by atoms with Gasteiger partial charge in [0, 0.05) is 0 Å². The van der Waals surface area contributed by atoms with Gasteiger partial charge in [-0.2, -0.15) is 0 Å². The molecule has 37 heavy (non-hydrogen) atoms. The number of nitrogens with one attached hydrogen (secondary N) is 3. The highest BCUT2D eigenvalue weighted by Gasteiger charge is 2.34. The van der Waals surface area contributed by atoms with E-state index in [0.717, 1.165) is 25.7 Å². The molecule has 0 aromatic rings. The Bertz CT molecular complexity index is 675. The van der Waals surface area contributed by atoms with Gasteiger partial charge in [0.15, 0.2) is 0 Å². The zero-order valence-corrected chi connectivity index (χ0v) is 25.3. The first-order chi connectivity index (χ1) is 17.1. The number of amides is 3. The molecule has 0 heterocycles. The molecule has 0 aromatic heterocycles. The molecule has 0 radical (unpaired) electrons. The molecule has 8 nitrogen and oxygen atoms in total. The average Bonchev–Trinajstić information content (AvgIpc) is 2.79. The van der Waals surface area contributed by atoms with Crippen LogP contribution in [0.3, 0.4) is 0 Å². The maximum Gasteiger partial charge on any atom is 0.408 e. The van der Waals surface area contributed by atoms with Crippen molar-refractivity contribution in [1.29, 1.82) is 0 Å². The summed E-state index contributed by atoms with van der Waals surface area (Å²) in [7, 11) is 0. The second-order valence-corrected chi connectivity index (χ2v) is 12.1. The third-order valence-corrected chi connectivity index (χ3v) is 6.70. The highest BCUT2D eigenvalue weighted by molar-refractivity contribution is 5.91. The molecule has 0 rings (SSSR count). The van der Waals surface area contributed by atoms with Gasteiger partial charge in [0.2, 0.25) is 11.8 Å². The molecule has 218 valence electrons. The quantitative estimate of drug-likeness (QED) is 0.191. The normalized spacial score (nSPS) is 16.0. The van der Waals surface area contributed by atoms with Gasteiger partial charge in [0.05, 0.1) is 12.1 Å². The molecule has 0 aromatic carbocycles. The molecule has 8 heteroatoms. The average molecular weight is 528 g/mol. The Labute approximate surface area is 226 Å². The summed E-state index contributed by atoms with van der Waals surface area (Å²) in [5.41, 5.74) is -0.691. The largest absolute Gasteiger partial charge is 0.444 e. The Morgan fingerprint density at radius 2 is 1.24 bits per heavy atom. The summed E-state index contributed by atoms with van der Waals surface area (Å²) in [5, 5.41) is 19.5. The number of hydrogen-bond donors (Lipinski definition) is 4. The Hall–Kier alpha value is -1.83. The lowest BCUT2D eigenvalue weighted by Gasteiger charge is -2.32. The fourth-order valence-electron chi connectivity index (χ4n) is 4.19. The number of ether oxygens (including phenoxy) is 1. The van der Waals surface area contributed by atoms with Crippen molar-refractivity contribution in [3.63, 3.8) is 0 Å². The van der Waals surface area contributed by atoms with Crippen LogP contribution in [0.2, 0.25) is 0 Å². The monoisotopic (exact) mass is 527 g/mol. The SMILES string of the molecule is CCCCCCCC[C@H](O)[C@@H](NC(=O)[C@@H](NC(=O)[C@@H](NC(=O)OC(C)(C)C)C(C)C)C(C)C)C(C)CC. The van der Waals surface area contributed by atoms with Gasteiger partial charge in [0.25, 0.3) is 0 Å². The van der Waals surface area contributed by atoms with Gasteiger partial charge in [-0.3, -0.25) is 9.59 Å². The van der Waals surface area contributed by atoms with E-state index in [2.05, 4.69) is 22.9 Å². The van der Waals surface area contributed by atoms with Crippen LogP contribution in [-0.4, -0.2) is 52.8 Å². The molecular weight excluding hydrogens is 470 g/mol. The first-order valence-corrected chi connectivity index (χ1v) is 14.4. The van der Waals surface area contributed by atoms with E-state index in [1.807, 2.05) is 41.5 Å². The number of rotatable bonds is 17. The second-order valence-electron chi connectivity index (χ2n) is 12.1. The summed E-state index contributed by atoms with van der Waals surface area (Å²) in [6.07, 6.45) is 6.93. The van der Waals surface area contributed by atoms with E-state index in [0.29, 0.717) is 6.42 Å². The van der Waals surface area contributed by atoms with E-state index < -0.39 is 41.8 Å². The molecule has 3 amide bonds. The van der Waals surface area contributed by atoms with Crippen molar-refractivity contribution in [2.45, 2.75) is 150 Å². The van der Waals surface area contributed by atoms with E-state index in [9.17, 15) is 19.5 Å². The maximum absolute atomic E-state index is 13.4. The Morgan fingerprint density at radius 3 is 1.73 bits per heavy atom. The minimum Gasteiger partial charge on any atom is -0.444 e. The first-order valence-electron chi connectivity index (χ1n) is 14.4. The highest BCUT2D eigenvalue weighted by atomic mass is 16.6. The van der Waals surface area contributed by atoms with Crippen LogP contribution < -0.4 is 16.0 Å². The van der Waals surface area contributed by atoms with Crippen molar-refractivity contribution in [3.05, 3.63) is 0 Å². The van der Waals surface area contributed by atoms with Crippen LogP contribution in [0.5, 0.6) is 0 Å². The van der Waals surface area contributed by atoms with E-state index in [4.69, 9.17) is 4.74 Å². The summed E-state index contributed by atoms with van der Waals surface area (Å²) in [4.78, 5) is 38.8. The third kappa shape index (κ3) is 14.6. The smallest absolute Gasteiger partial charge is 0.408 e. The molecule has 0 saturated heterocycles. The molecule has 0 aliphatic rings. The topological polar surface area (TPSA) is 117 Å².